The van der Waals surface area contributed by atoms with E-state index < -0.39 is 34.9 Å². The van der Waals surface area contributed by atoms with Crippen LogP contribution in [0, 0.1) is 0 Å². The number of alkyl halides is 2. The Morgan fingerprint density at radius 1 is 1.11 bits per heavy atom. The van der Waals surface area contributed by atoms with Gasteiger partial charge in [-0.25, -0.2) is 13.2 Å². The van der Waals surface area contributed by atoms with E-state index in [4.69, 9.17) is 4.74 Å². The zero-order valence-electron chi connectivity index (χ0n) is 14.7. The maximum absolute atomic E-state index is 12.1. The van der Waals surface area contributed by atoms with Crippen molar-refractivity contribution in [2.24, 2.45) is 0 Å². The van der Waals surface area contributed by atoms with Gasteiger partial charge >= 0.3 is 12.6 Å². The molecule has 0 aliphatic heterocycles. The third kappa shape index (κ3) is 7.31. The Bertz CT molecular complexity index is 945. The molecule has 2 rings (SSSR count). The number of esters is 1. The van der Waals surface area contributed by atoms with E-state index in [2.05, 4.69) is 10.1 Å². The minimum Gasteiger partial charge on any atom is -0.452 e. The largest absolute Gasteiger partial charge is 0.452 e. The van der Waals surface area contributed by atoms with Crippen molar-refractivity contribution in [3.05, 3.63) is 59.7 Å². The number of anilines is 1. The Hall–Kier alpha value is -3.01. The first-order valence-electron chi connectivity index (χ1n) is 7.91. The molecule has 0 spiro atoms. The van der Waals surface area contributed by atoms with Gasteiger partial charge < -0.3 is 14.8 Å². The van der Waals surface area contributed by atoms with E-state index in [0.29, 0.717) is 11.3 Å². The Morgan fingerprint density at radius 2 is 1.79 bits per heavy atom. The van der Waals surface area contributed by atoms with E-state index in [9.17, 15) is 26.8 Å². The predicted octanol–water partition coefficient (Wildman–Crippen LogP) is 2.63. The number of halogens is 2. The molecule has 2 aromatic carbocycles. The third-order valence-electron chi connectivity index (χ3n) is 3.29. The highest BCUT2D eigenvalue weighted by atomic mass is 32.2. The molecular weight excluding hydrogens is 396 g/mol. The summed E-state index contributed by atoms with van der Waals surface area (Å²) in [5, 5.41) is 2.43. The molecule has 0 unspecified atom stereocenters. The summed E-state index contributed by atoms with van der Waals surface area (Å²) in [7, 11) is -3.26. The summed E-state index contributed by atoms with van der Waals surface area (Å²) >= 11 is 0. The number of amides is 1. The topological polar surface area (TPSA) is 98.8 Å². The fourth-order valence-corrected chi connectivity index (χ4v) is 3.01. The summed E-state index contributed by atoms with van der Waals surface area (Å²) in [5.41, 5.74) is 0.841. The van der Waals surface area contributed by atoms with Crippen molar-refractivity contribution >= 4 is 27.4 Å². The molecule has 0 bridgehead atoms. The van der Waals surface area contributed by atoms with Gasteiger partial charge in [0.1, 0.15) is 5.75 Å². The minimum atomic E-state index is -3.26. The van der Waals surface area contributed by atoms with Crippen molar-refractivity contribution in [3.8, 4) is 5.75 Å². The van der Waals surface area contributed by atoms with E-state index >= 15 is 0 Å². The van der Waals surface area contributed by atoms with Gasteiger partial charge in [0.25, 0.3) is 5.91 Å². The average Bonchev–Trinajstić information content (AvgIpc) is 2.59. The van der Waals surface area contributed by atoms with Gasteiger partial charge in [0, 0.05) is 11.9 Å². The summed E-state index contributed by atoms with van der Waals surface area (Å²) in [6, 6.07) is 11.1. The molecule has 0 atom stereocenters. The van der Waals surface area contributed by atoms with Gasteiger partial charge in [-0.05, 0) is 42.0 Å². The van der Waals surface area contributed by atoms with Crippen LogP contribution in [-0.4, -0.2) is 39.8 Å². The summed E-state index contributed by atoms with van der Waals surface area (Å²) in [5.74, 6) is -1.71. The lowest BCUT2D eigenvalue weighted by molar-refractivity contribution is -0.119. The quantitative estimate of drug-likeness (QED) is 0.668. The summed E-state index contributed by atoms with van der Waals surface area (Å²) in [6.07, 6.45) is 1.08. The zero-order chi connectivity index (χ0) is 20.7. The van der Waals surface area contributed by atoms with Crippen molar-refractivity contribution in [2.75, 3.05) is 18.2 Å². The molecule has 2 aromatic rings. The number of hydrogen-bond donors (Lipinski definition) is 1. The predicted molar refractivity (Wildman–Crippen MR) is 97.0 cm³/mol. The van der Waals surface area contributed by atoms with Crippen LogP contribution >= 0.6 is 0 Å². The van der Waals surface area contributed by atoms with Crippen molar-refractivity contribution in [1.82, 2.24) is 0 Å². The average molecular weight is 413 g/mol. The number of hydrogen-bond acceptors (Lipinski definition) is 6. The molecule has 150 valence electrons. The molecule has 1 amide bonds. The lowest BCUT2D eigenvalue weighted by Gasteiger charge is -2.09. The van der Waals surface area contributed by atoms with Gasteiger partial charge in [-0.1, -0.05) is 12.1 Å². The van der Waals surface area contributed by atoms with E-state index in [0.717, 1.165) is 6.26 Å². The number of rotatable bonds is 8. The Kier molecular flexibility index (Phi) is 7.05. The highest BCUT2D eigenvalue weighted by molar-refractivity contribution is 7.89. The van der Waals surface area contributed by atoms with Crippen LogP contribution in [0.3, 0.4) is 0 Å². The second-order valence-corrected chi connectivity index (χ2v) is 7.94. The molecule has 7 nitrogen and oxygen atoms in total. The zero-order valence-corrected chi connectivity index (χ0v) is 15.5. The first kappa shape index (κ1) is 21.3. The molecule has 0 fully saturated rings. The molecule has 0 aliphatic carbocycles. The summed E-state index contributed by atoms with van der Waals surface area (Å²) in [6.45, 7) is -3.53. The van der Waals surface area contributed by atoms with Crippen LogP contribution in [0.25, 0.3) is 0 Å². The summed E-state index contributed by atoms with van der Waals surface area (Å²) < 4.78 is 55.9. The molecule has 0 heterocycles. The lowest BCUT2D eigenvalue weighted by Crippen LogP contribution is -2.21. The smallest absolute Gasteiger partial charge is 0.387 e. The van der Waals surface area contributed by atoms with Gasteiger partial charge in [0.15, 0.2) is 16.4 Å². The first-order valence-corrected chi connectivity index (χ1v) is 9.97. The number of carbonyl (C=O) groups excluding carboxylic acids is 2. The fourth-order valence-electron chi connectivity index (χ4n) is 2.22. The van der Waals surface area contributed by atoms with Gasteiger partial charge in [-0.3, -0.25) is 4.79 Å². The van der Waals surface area contributed by atoms with Crippen LogP contribution < -0.4 is 10.1 Å². The van der Waals surface area contributed by atoms with Crippen LogP contribution in [0.2, 0.25) is 0 Å². The van der Waals surface area contributed by atoms with E-state index in [-0.39, 0.29) is 17.1 Å². The number of carbonyl (C=O) groups is 2. The van der Waals surface area contributed by atoms with Crippen LogP contribution in [-0.2, 0) is 25.1 Å². The molecule has 0 saturated heterocycles. The highest BCUT2D eigenvalue weighted by Crippen LogP contribution is 2.17. The molecule has 0 radical (unpaired) electrons. The molecule has 0 aromatic heterocycles. The Morgan fingerprint density at radius 3 is 2.39 bits per heavy atom. The molecule has 1 N–H and O–H groups in total. The van der Waals surface area contributed by atoms with E-state index in [1.165, 1.54) is 42.5 Å². The lowest BCUT2D eigenvalue weighted by atomic mass is 10.1. The third-order valence-corrected chi connectivity index (χ3v) is 4.15. The van der Waals surface area contributed by atoms with Gasteiger partial charge in [0.2, 0.25) is 0 Å². The van der Waals surface area contributed by atoms with E-state index in [1.54, 1.807) is 6.07 Å². The number of nitrogens with one attached hydrogen (secondary N) is 1. The van der Waals surface area contributed by atoms with Crippen LogP contribution in [0.1, 0.15) is 15.9 Å². The van der Waals surface area contributed by atoms with Gasteiger partial charge in [-0.15, -0.1) is 0 Å². The van der Waals surface area contributed by atoms with Crippen LogP contribution in [0.15, 0.2) is 48.5 Å². The van der Waals surface area contributed by atoms with Crippen LogP contribution in [0.5, 0.6) is 5.75 Å². The minimum absolute atomic E-state index is 0.0617. The van der Waals surface area contributed by atoms with Crippen molar-refractivity contribution < 1.29 is 36.3 Å². The molecule has 0 saturated carbocycles. The van der Waals surface area contributed by atoms with E-state index in [1.807, 2.05) is 0 Å². The highest BCUT2D eigenvalue weighted by Gasteiger charge is 2.13. The Labute approximate surface area is 160 Å². The van der Waals surface area contributed by atoms with Gasteiger partial charge in [-0.2, -0.15) is 8.78 Å². The maximum Gasteiger partial charge on any atom is 0.387 e. The fraction of sp³-hybridized carbons (Fsp3) is 0.222. The molecule has 0 aliphatic rings. The SMILES string of the molecule is CS(=O)(=O)Cc1cccc(C(=O)OCC(=O)Nc2ccc(OC(F)F)cc2)c1. The van der Waals surface area contributed by atoms with Crippen molar-refractivity contribution in [1.29, 1.82) is 0 Å². The standard InChI is InChI=1S/C18H17F2NO6S/c1-28(24,25)11-12-3-2-4-13(9-12)17(23)26-10-16(22)21-14-5-7-15(8-6-14)27-18(19)20/h2-9,18H,10-11H2,1H3,(H,21,22). The number of sulfone groups is 1. The number of benzene rings is 2. The van der Waals surface area contributed by atoms with Crippen LogP contribution in [0.4, 0.5) is 14.5 Å². The normalized spacial score (nSPS) is 11.1. The molecule has 28 heavy (non-hydrogen) atoms. The monoisotopic (exact) mass is 413 g/mol. The van der Waals surface area contributed by atoms with Gasteiger partial charge in [0.05, 0.1) is 11.3 Å². The molecule has 10 heteroatoms. The first-order chi connectivity index (χ1) is 13.1. The van der Waals surface area contributed by atoms with Crippen molar-refractivity contribution in [3.63, 3.8) is 0 Å². The second-order valence-electron chi connectivity index (χ2n) is 5.80. The number of ether oxygens (including phenoxy) is 2. The van der Waals surface area contributed by atoms with Crippen molar-refractivity contribution in [2.45, 2.75) is 12.4 Å². The Balaban J connectivity index is 1.88. The second kappa shape index (κ2) is 9.27. The molecular formula is C18H17F2NO6S. The maximum atomic E-state index is 12.1. The summed E-state index contributed by atoms with van der Waals surface area (Å²) in [4.78, 5) is 23.9.